The Labute approximate surface area is 128 Å². The number of carbonyl (C=O) groups is 1. The molecule has 1 atom stereocenters. The van der Waals surface area contributed by atoms with Crippen molar-refractivity contribution in [1.29, 1.82) is 0 Å². The molecule has 4 heteroatoms. The van der Waals surface area contributed by atoms with Gasteiger partial charge in [0.15, 0.2) is 0 Å². The largest absolute Gasteiger partial charge is 0.465 e. The quantitative estimate of drug-likeness (QED) is 0.590. The van der Waals surface area contributed by atoms with E-state index in [2.05, 4.69) is 25.7 Å². The van der Waals surface area contributed by atoms with Crippen LogP contribution in [0.1, 0.15) is 46.1 Å². The molecule has 0 amide bonds. The van der Waals surface area contributed by atoms with Gasteiger partial charge < -0.3 is 10.5 Å². The molecule has 1 aromatic rings. The summed E-state index contributed by atoms with van der Waals surface area (Å²) in [6.45, 7) is 9.27. The van der Waals surface area contributed by atoms with Crippen LogP contribution >= 0.6 is 0 Å². The molecular weight excluding hydrogens is 264 g/mol. The Morgan fingerprint density at radius 1 is 1.33 bits per heavy atom. The Hall–Kier alpha value is -1.55. The SMILES string of the molecule is CCCC(C(=O)OCC)N(Cc1cccc(N)c1)C(C)C. The molecule has 1 rings (SSSR count). The molecule has 2 N–H and O–H groups in total. The monoisotopic (exact) mass is 292 g/mol. The van der Waals surface area contributed by atoms with Crippen molar-refractivity contribution >= 4 is 11.7 Å². The van der Waals surface area contributed by atoms with E-state index >= 15 is 0 Å². The first-order chi connectivity index (χ1) is 9.99. The molecule has 0 fully saturated rings. The fourth-order valence-electron chi connectivity index (χ4n) is 2.49. The Morgan fingerprint density at radius 3 is 2.57 bits per heavy atom. The summed E-state index contributed by atoms with van der Waals surface area (Å²) < 4.78 is 5.24. The van der Waals surface area contributed by atoms with Gasteiger partial charge in [-0.3, -0.25) is 9.69 Å². The van der Waals surface area contributed by atoms with Gasteiger partial charge in [0.2, 0.25) is 0 Å². The van der Waals surface area contributed by atoms with E-state index in [1.165, 1.54) is 0 Å². The third kappa shape index (κ3) is 5.38. The molecule has 1 unspecified atom stereocenters. The first-order valence-electron chi connectivity index (χ1n) is 7.76. The molecule has 0 spiro atoms. The van der Waals surface area contributed by atoms with Crippen LogP contribution in [-0.4, -0.2) is 29.6 Å². The Morgan fingerprint density at radius 2 is 2.05 bits per heavy atom. The average molecular weight is 292 g/mol. The third-order valence-corrected chi connectivity index (χ3v) is 3.50. The van der Waals surface area contributed by atoms with Crippen molar-refractivity contribution in [3.63, 3.8) is 0 Å². The topological polar surface area (TPSA) is 55.6 Å². The lowest BCUT2D eigenvalue weighted by Gasteiger charge is -2.33. The Balaban J connectivity index is 2.93. The molecule has 0 saturated carbocycles. The van der Waals surface area contributed by atoms with Gasteiger partial charge >= 0.3 is 5.97 Å². The highest BCUT2D eigenvalue weighted by atomic mass is 16.5. The zero-order valence-electron chi connectivity index (χ0n) is 13.6. The van der Waals surface area contributed by atoms with Gasteiger partial charge in [0, 0.05) is 18.3 Å². The highest BCUT2D eigenvalue weighted by Crippen LogP contribution is 2.18. The zero-order chi connectivity index (χ0) is 15.8. The number of anilines is 1. The molecule has 0 saturated heterocycles. The second kappa shape index (κ2) is 8.67. The number of esters is 1. The van der Waals surface area contributed by atoms with Crippen molar-refractivity contribution < 1.29 is 9.53 Å². The van der Waals surface area contributed by atoms with Crippen LogP contribution in [0.15, 0.2) is 24.3 Å². The van der Waals surface area contributed by atoms with Crippen LogP contribution in [0.5, 0.6) is 0 Å². The number of rotatable bonds is 8. The number of hydrogen-bond donors (Lipinski definition) is 1. The smallest absolute Gasteiger partial charge is 0.323 e. The minimum atomic E-state index is -0.198. The molecule has 0 bridgehead atoms. The number of nitrogen functional groups attached to an aromatic ring is 1. The summed E-state index contributed by atoms with van der Waals surface area (Å²) in [6.07, 6.45) is 1.75. The molecule has 0 aliphatic heterocycles. The second-order valence-electron chi connectivity index (χ2n) is 5.57. The van der Waals surface area contributed by atoms with Crippen molar-refractivity contribution in [2.75, 3.05) is 12.3 Å². The van der Waals surface area contributed by atoms with Crippen LogP contribution in [0.3, 0.4) is 0 Å². The zero-order valence-corrected chi connectivity index (χ0v) is 13.6. The highest BCUT2D eigenvalue weighted by Gasteiger charge is 2.28. The van der Waals surface area contributed by atoms with Crippen LogP contribution in [-0.2, 0) is 16.1 Å². The van der Waals surface area contributed by atoms with E-state index in [1.54, 1.807) is 0 Å². The fourth-order valence-corrected chi connectivity index (χ4v) is 2.49. The van der Waals surface area contributed by atoms with Gasteiger partial charge in [-0.25, -0.2) is 0 Å². The Bertz CT molecular complexity index is 446. The number of nitrogens with zero attached hydrogens (tertiary/aromatic N) is 1. The second-order valence-corrected chi connectivity index (χ2v) is 5.57. The van der Waals surface area contributed by atoms with Crippen molar-refractivity contribution in [3.05, 3.63) is 29.8 Å². The summed E-state index contributed by atoms with van der Waals surface area (Å²) in [7, 11) is 0. The summed E-state index contributed by atoms with van der Waals surface area (Å²) in [5.74, 6) is -0.128. The van der Waals surface area contributed by atoms with Crippen LogP contribution in [0, 0.1) is 0 Å². The van der Waals surface area contributed by atoms with Crippen molar-refractivity contribution in [2.45, 2.75) is 59.2 Å². The molecule has 1 aromatic carbocycles. The molecule has 0 heterocycles. The summed E-state index contributed by atoms with van der Waals surface area (Å²) in [5.41, 5.74) is 7.71. The maximum atomic E-state index is 12.2. The van der Waals surface area contributed by atoms with E-state index in [4.69, 9.17) is 10.5 Å². The minimum Gasteiger partial charge on any atom is -0.465 e. The van der Waals surface area contributed by atoms with E-state index in [9.17, 15) is 4.79 Å². The van der Waals surface area contributed by atoms with Crippen LogP contribution < -0.4 is 5.73 Å². The van der Waals surface area contributed by atoms with E-state index in [0.29, 0.717) is 13.2 Å². The number of carbonyl (C=O) groups excluding carboxylic acids is 1. The van der Waals surface area contributed by atoms with Crippen LogP contribution in [0.4, 0.5) is 5.69 Å². The maximum Gasteiger partial charge on any atom is 0.323 e. The van der Waals surface area contributed by atoms with E-state index in [0.717, 1.165) is 24.1 Å². The van der Waals surface area contributed by atoms with Crippen LogP contribution in [0.25, 0.3) is 0 Å². The predicted octanol–water partition coefficient (Wildman–Crippen LogP) is 3.21. The maximum absolute atomic E-state index is 12.2. The van der Waals surface area contributed by atoms with Gasteiger partial charge in [-0.15, -0.1) is 0 Å². The number of hydrogen-bond acceptors (Lipinski definition) is 4. The lowest BCUT2D eigenvalue weighted by atomic mass is 10.1. The van der Waals surface area contributed by atoms with Gasteiger partial charge in [-0.05, 0) is 44.9 Å². The lowest BCUT2D eigenvalue weighted by Crippen LogP contribution is -2.45. The van der Waals surface area contributed by atoms with Gasteiger partial charge in [0.05, 0.1) is 6.61 Å². The van der Waals surface area contributed by atoms with Gasteiger partial charge in [-0.1, -0.05) is 25.5 Å². The molecule has 118 valence electrons. The summed E-state index contributed by atoms with van der Waals surface area (Å²) >= 11 is 0. The van der Waals surface area contributed by atoms with Crippen molar-refractivity contribution in [1.82, 2.24) is 4.90 Å². The number of ether oxygens (including phenoxy) is 1. The predicted molar refractivity (Wildman–Crippen MR) is 86.9 cm³/mol. The van der Waals surface area contributed by atoms with Crippen molar-refractivity contribution in [2.24, 2.45) is 0 Å². The lowest BCUT2D eigenvalue weighted by molar-refractivity contribution is -0.151. The molecule has 4 nitrogen and oxygen atoms in total. The van der Waals surface area contributed by atoms with Gasteiger partial charge in [0.25, 0.3) is 0 Å². The van der Waals surface area contributed by atoms with E-state index in [-0.39, 0.29) is 18.1 Å². The third-order valence-electron chi connectivity index (χ3n) is 3.50. The van der Waals surface area contributed by atoms with E-state index in [1.807, 2.05) is 31.2 Å². The van der Waals surface area contributed by atoms with Crippen LogP contribution in [0.2, 0.25) is 0 Å². The molecule has 0 radical (unpaired) electrons. The first kappa shape index (κ1) is 17.5. The molecule has 0 aliphatic rings. The van der Waals surface area contributed by atoms with E-state index < -0.39 is 0 Å². The molecule has 21 heavy (non-hydrogen) atoms. The Kier molecular flexibility index (Phi) is 7.23. The fraction of sp³-hybridized carbons (Fsp3) is 0.588. The molecule has 0 aliphatic carbocycles. The summed E-state index contributed by atoms with van der Waals surface area (Å²) in [6, 6.07) is 7.88. The van der Waals surface area contributed by atoms with Gasteiger partial charge in [-0.2, -0.15) is 0 Å². The standard InChI is InChI=1S/C17H28N2O2/c1-5-8-16(17(20)21-6-2)19(13(3)4)12-14-9-7-10-15(18)11-14/h7,9-11,13,16H,5-6,8,12,18H2,1-4H3. The molecule has 0 aromatic heterocycles. The number of nitrogens with two attached hydrogens (primary N) is 1. The molecular formula is C17H28N2O2. The van der Waals surface area contributed by atoms with Gasteiger partial charge in [0.1, 0.15) is 6.04 Å². The first-order valence-corrected chi connectivity index (χ1v) is 7.76. The summed E-state index contributed by atoms with van der Waals surface area (Å²) in [4.78, 5) is 14.4. The summed E-state index contributed by atoms with van der Waals surface area (Å²) in [5, 5.41) is 0. The minimum absolute atomic E-state index is 0.128. The highest BCUT2D eigenvalue weighted by molar-refractivity contribution is 5.75. The number of benzene rings is 1. The normalized spacial score (nSPS) is 12.7. The van der Waals surface area contributed by atoms with Crippen molar-refractivity contribution in [3.8, 4) is 0 Å². The average Bonchev–Trinajstić information content (AvgIpc) is 2.42.